The van der Waals surface area contributed by atoms with Crippen LogP contribution in [0, 0.1) is 0 Å². The van der Waals surface area contributed by atoms with Crippen LogP contribution in [-0.2, 0) is 4.74 Å². The van der Waals surface area contributed by atoms with Crippen LogP contribution < -0.4 is 5.73 Å². The zero-order valence-electron chi connectivity index (χ0n) is 13.1. The molecule has 2 N–H and O–H groups in total. The molecular formula is C18H25N3O. The number of nitrogens with two attached hydrogens (primary N) is 1. The van der Waals surface area contributed by atoms with Gasteiger partial charge in [-0.1, -0.05) is 12.1 Å². The van der Waals surface area contributed by atoms with Crippen LogP contribution in [0.1, 0.15) is 30.7 Å². The number of hydrogen-bond acceptors (Lipinski definition) is 4. The van der Waals surface area contributed by atoms with Crippen LogP contribution in [0.2, 0.25) is 0 Å². The van der Waals surface area contributed by atoms with Gasteiger partial charge in [0.15, 0.2) is 0 Å². The number of hydrogen-bond donors (Lipinski definition) is 1. The third-order valence-electron chi connectivity index (χ3n) is 4.47. The van der Waals surface area contributed by atoms with Crippen LogP contribution in [0.25, 0.3) is 0 Å². The second kappa shape index (κ2) is 7.56. The highest BCUT2D eigenvalue weighted by atomic mass is 16.5. The average molecular weight is 299 g/mol. The Morgan fingerprint density at radius 2 is 2.23 bits per heavy atom. The van der Waals surface area contributed by atoms with Crippen molar-refractivity contribution in [3.05, 3.63) is 41.6 Å². The first kappa shape index (κ1) is 15.3. The summed E-state index contributed by atoms with van der Waals surface area (Å²) in [5.74, 6) is 0.518. The molecule has 2 aliphatic rings. The van der Waals surface area contributed by atoms with E-state index in [1.54, 1.807) is 6.20 Å². The smallest absolute Gasteiger partial charge is 0.0632 e. The van der Waals surface area contributed by atoms with E-state index in [0.717, 1.165) is 37.4 Å². The lowest BCUT2D eigenvalue weighted by Crippen LogP contribution is -2.22. The Morgan fingerprint density at radius 3 is 2.95 bits per heavy atom. The van der Waals surface area contributed by atoms with Gasteiger partial charge in [0.05, 0.1) is 12.3 Å². The number of likely N-dealkylation sites (tertiary alicyclic amines) is 1. The molecule has 0 saturated carbocycles. The predicted molar refractivity (Wildman–Crippen MR) is 90.7 cm³/mol. The molecule has 0 aromatic heterocycles. The van der Waals surface area contributed by atoms with Gasteiger partial charge < -0.3 is 10.5 Å². The van der Waals surface area contributed by atoms with Crippen molar-refractivity contribution in [3.63, 3.8) is 0 Å². The highest BCUT2D eigenvalue weighted by Crippen LogP contribution is 2.27. The maximum Gasteiger partial charge on any atom is 0.0632 e. The van der Waals surface area contributed by atoms with E-state index in [1.165, 1.54) is 31.5 Å². The Hall–Kier alpha value is -1.65. The van der Waals surface area contributed by atoms with Crippen molar-refractivity contribution >= 4 is 11.9 Å². The molecule has 2 fully saturated rings. The Bertz CT molecular complexity index is 541. The molecule has 1 unspecified atom stereocenters. The average Bonchev–Trinajstić information content (AvgIpc) is 3.25. The third kappa shape index (κ3) is 3.96. The lowest BCUT2D eigenvalue weighted by Gasteiger charge is -2.14. The fraction of sp³-hybridized carbons (Fsp3) is 0.500. The lowest BCUT2D eigenvalue weighted by molar-refractivity contribution is 0.194. The molecule has 3 rings (SSSR count). The quantitative estimate of drug-likeness (QED) is 0.851. The molecule has 2 saturated heterocycles. The van der Waals surface area contributed by atoms with E-state index in [4.69, 9.17) is 10.5 Å². The summed E-state index contributed by atoms with van der Waals surface area (Å²) < 4.78 is 5.47. The molecule has 0 bridgehead atoms. The Kier molecular flexibility index (Phi) is 5.24. The molecule has 2 aliphatic heterocycles. The Labute approximate surface area is 132 Å². The van der Waals surface area contributed by atoms with E-state index < -0.39 is 0 Å². The van der Waals surface area contributed by atoms with Crippen molar-refractivity contribution in [1.29, 1.82) is 0 Å². The summed E-state index contributed by atoms with van der Waals surface area (Å²) in [6.07, 6.45) is 7.27. The minimum Gasteiger partial charge on any atom is -0.404 e. The van der Waals surface area contributed by atoms with Crippen LogP contribution in [0.5, 0.6) is 0 Å². The van der Waals surface area contributed by atoms with Gasteiger partial charge >= 0.3 is 0 Å². The Morgan fingerprint density at radius 1 is 1.36 bits per heavy atom. The number of benzene rings is 1. The molecule has 4 heteroatoms. The van der Waals surface area contributed by atoms with Gasteiger partial charge in [-0.3, -0.25) is 9.89 Å². The highest BCUT2D eigenvalue weighted by molar-refractivity contribution is 5.81. The van der Waals surface area contributed by atoms with Gasteiger partial charge in [-0.2, -0.15) is 0 Å². The van der Waals surface area contributed by atoms with Crippen LogP contribution >= 0.6 is 0 Å². The van der Waals surface area contributed by atoms with Crippen LogP contribution in [0.15, 0.2) is 41.0 Å². The van der Waals surface area contributed by atoms with E-state index in [1.807, 2.05) is 12.3 Å². The molecule has 0 aliphatic carbocycles. The summed E-state index contributed by atoms with van der Waals surface area (Å²) in [5, 5.41) is 0. The largest absolute Gasteiger partial charge is 0.404 e. The predicted octanol–water partition coefficient (Wildman–Crippen LogP) is 2.83. The van der Waals surface area contributed by atoms with Gasteiger partial charge in [0.1, 0.15) is 0 Å². The second-order valence-corrected chi connectivity index (χ2v) is 6.14. The van der Waals surface area contributed by atoms with E-state index in [9.17, 15) is 0 Å². The minimum atomic E-state index is 0.518. The van der Waals surface area contributed by atoms with Crippen molar-refractivity contribution in [2.75, 3.05) is 32.8 Å². The van der Waals surface area contributed by atoms with E-state index in [0.29, 0.717) is 5.92 Å². The zero-order valence-corrected chi connectivity index (χ0v) is 13.1. The van der Waals surface area contributed by atoms with Crippen molar-refractivity contribution in [1.82, 2.24) is 4.90 Å². The highest BCUT2D eigenvalue weighted by Gasteiger charge is 2.17. The van der Waals surface area contributed by atoms with Crippen LogP contribution in [-0.4, -0.2) is 44.0 Å². The first-order chi connectivity index (χ1) is 10.8. The summed E-state index contributed by atoms with van der Waals surface area (Å²) >= 11 is 0. The normalized spacial score (nSPS) is 23.6. The lowest BCUT2D eigenvalue weighted by atomic mass is 9.98. The summed E-state index contributed by atoms with van der Waals surface area (Å²) in [6, 6.07) is 8.45. The Balaban J connectivity index is 1.64. The minimum absolute atomic E-state index is 0.518. The van der Waals surface area contributed by atoms with Gasteiger partial charge in [0.2, 0.25) is 0 Å². The SMILES string of the molecule is N/C=C(\C=Nc1cccc(C2CCOC2)c1)CN1CCCC1. The molecule has 2 heterocycles. The summed E-state index contributed by atoms with van der Waals surface area (Å²) in [5.41, 5.74) is 9.14. The third-order valence-corrected chi connectivity index (χ3v) is 4.47. The number of nitrogens with zero attached hydrogens (tertiary/aromatic N) is 2. The number of ether oxygens (including phenoxy) is 1. The van der Waals surface area contributed by atoms with Crippen molar-refractivity contribution in [2.45, 2.75) is 25.2 Å². The van der Waals surface area contributed by atoms with E-state index >= 15 is 0 Å². The van der Waals surface area contributed by atoms with Crippen LogP contribution in [0.3, 0.4) is 0 Å². The molecule has 4 nitrogen and oxygen atoms in total. The maximum atomic E-state index is 5.75. The topological polar surface area (TPSA) is 50.9 Å². The molecule has 0 radical (unpaired) electrons. The van der Waals surface area contributed by atoms with E-state index in [2.05, 4.69) is 28.1 Å². The monoisotopic (exact) mass is 299 g/mol. The molecule has 1 aromatic rings. The molecule has 22 heavy (non-hydrogen) atoms. The van der Waals surface area contributed by atoms with Crippen molar-refractivity contribution in [3.8, 4) is 0 Å². The fourth-order valence-electron chi connectivity index (χ4n) is 3.15. The maximum absolute atomic E-state index is 5.75. The fourth-order valence-corrected chi connectivity index (χ4v) is 3.15. The summed E-state index contributed by atoms with van der Waals surface area (Å²) in [4.78, 5) is 7.04. The standard InChI is InChI=1S/C18H25N3O/c19-11-15(13-21-7-1-2-8-21)12-20-18-5-3-4-16(10-18)17-6-9-22-14-17/h3-5,10-12,17H,1-2,6-9,13-14,19H2/b15-11+,20-12?. The molecular weight excluding hydrogens is 274 g/mol. The zero-order chi connectivity index (χ0) is 15.2. The van der Waals surface area contributed by atoms with Gasteiger partial charge in [-0.15, -0.1) is 0 Å². The number of rotatable bonds is 5. The second-order valence-electron chi connectivity index (χ2n) is 6.14. The van der Waals surface area contributed by atoms with E-state index in [-0.39, 0.29) is 0 Å². The molecule has 1 aromatic carbocycles. The first-order valence-electron chi connectivity index (χ1n) is 8.20. The van der Waals surface area contributed by atoms with Gasteiger partial charge in [0.25, 0.3) is 0 Å². The van der Waals surface area contributed by atoms with Crippen LogP contribution in [0.4, 0.5) is 5.69 Å². The van der Waals surface area contributed by atoms with Crippen molar-refractivity contribution < 1.29 is 4.74 Å². The van der Waals surface area contributed by atoms with Gasteiger partial charge in [-0.25, -0.2) is 0 Å². The van der Waals surface area contributed by atoms with Gasteiger partial charge in [0, 0.05) is 25.3 Å². The first-order valence-corrected chi connectivity index (χ1v) is 8.20. The molecule has 0 amide bonds. The number of aliphatic imine (C=N–C) groups is 1. The summed E-state index contributed by atoms with van der Waals surface area (Å²) in [6.45, 7) is 4.94. The van der Waals surface area contributed by atoms with Gasteiger partial charge in [-0.05, 0) is 61.8 Å². The molecule has 0 spiro atoms. The van der Waals surface area contributed by atoms with Crippen molar-refractivity contribution in [2.24, 2.45) is 10.7 Å². The summed E-state index contributed by atoms with van der Waals surface area (Å²) in [7, 11) is 0. The molecule has 1 atom stereocenters. The molecule has 118 valence electrons.